The van der Waals surface area contributed by atoms with Gasteiger partial charge >= 0.3 is 0 Å². The molecule has 1 atom stereocenters. The Morgan fingerprint density at radius 2 is 1.17 bits per heavy atom. The molecule has 29 heavy (non-hydrogen) atoms. The van der Waals surface area contributed by atoms with Crippen LogP contribution in [-0.4, -0.2) is 61.4 Å². The molecule has 2 amide bonds. The molecule has 0 saturated carbocycles. The van der Waals surface area contributed by atoms with Crippen molar-refractivity contribution in [2.75, 3.05) is 33.7 Å². The van der Waals surface area contributed by atoms with Gasteiger partial charge in [0, 0.05) is 27.2 Å². The molecule has 0 heterocycles. The second-order valence-corrected chi connectivity index (χ2v) is 8.47. The normalized spacial score (nSPS) is 12.0. The molecule has 0 aliphatic carbocycles. The lowest BCUT2D eigenvalue weighted by Gasteiger charge is -2.26. The maximum atomic E-state index is 12.9. The molecule has 0 aromatic carbocycles. The summed E-state index contributed by atoms with van der Waals surface area (Å²) in [6, 6.07) is -0.405. The highest BCUT2D eigenvalue weighted by molar-refractivity contribution is 5.88. The number of nitrogens with one attached hydrogen (secondary N) is 1. The molecule has 0 aliphatic rings. The van der Waals surface area contributed by atoms with Gasteiger partial charge in [-0.2, -0.15) is 0 Å². The number of hydrogen-bond acceptors (Lipinski definition) is 3. The van der Waals surface area contributed by atoms with Gasteiger partial charge in [-0.1, -0.05) is 78.6 Å². The minimum Gasteiger partial charge on any atom is -0.346 e. The summed E-state index contributed by atoms with van der Waals surface area (Å²) in [5.74, 6) is 0.125. The third-order valence-corrected chi connectivity index (χ3v) is 5.59. The number of carbonyl (C=O) groups excluding carboxylic acids is 2. The van der Waals surface area contributed by atoms with Gasteiger partial charge in [-0.3, -0.25) is 9.59 Å². The van der Waals surface area contributed by atoms with E-state index in [4.69, 9.17) is 0 Å². The Kier molecular flexibility index (Phi) is 18.2. The Morgan fingerprint density at radius 3 is 1.69 bits per heavy atom. The topological polar surface area (TPSA) is 52.7 Å². The first-order valence-electron chi connectivity index (χ1n) is 12.2. The molecule has 0 radical (unpaired) electrons. The van der Waals surface area contributed by atoms with E-state index in [1.54, 1.807) is 4.90 Å². The van der Waals surface area contributed by atoms with Crippen LogP contribution in [0.5, 0.6) is 0 Å². The Morgan fingerprint density at radius 1 is 0.690 bits per heavy atom. The van der Waals surface area contributed by atoms with Crippen LogP contribution >= 0.6 is 0 Å². The van der Waals surface area contributed by atoms with Crippen LogP contribution in [0.15, 0.2) is 0 Å². The maximum Gasteiger partial charge on any atom is 0.239 e. The zero-order chi connectivity index (χ0) is 21.9. The summed E-state index contributed by atoms with van der Waals surface area (Å²) in [6.07, 6.45) is 14.2. The summed E-state index contributed by atoms with van der Waals surface area (Å²) in [4.78, 5) is 29.2. The molecule has 0 aliphatic heterocycles. The summed E-state index contributed by atoms with van der Waals surface area (Å²) in [6.45, 7) is 8.90. The quantitative estimate of drug-likeness (QED) is 0.305. The van der Waals surface area contributed by atoms with Gasteiger partial charge in [-0.25, -0.2) is 0 Å². The molecule has 5 heteroatoms. The molecule has 0 aromatic rings. The van der Waals surface area contributed by atoms with Crippen molar-refractivity contribution in [3.63, 3.8) is 0 Å². The predicted octanol–water partition coefficient (Wildman–Crippen LogP) is 4.99. The van der Waals surface area contributed by atoms with Gasteiger partial charge in [-0.15, -0.1) is 0 Å². The smallest absolute Gasteiger partial charge is 0.239 e. The number of hydrogen-bond donors (Lipinski definition) is 1. The van der Waals surface area contributed by atoms with Crippen LogP contribution in [0, 0.1) is 0 Å². The molecule has 0 bridgehead atoms. The van der Waals surface area contributed by atoms with E-state index >= 15 is 0 Å². The fraction of sp³-hybridized carbons (Fsp3) is 0.917. The van der Waals surface area contributed by atoms with E-state index in [1.807, 2.05) is 19.0 Å². The molecular weight excluding hydrogens is 362 g/mol. The molecule has 5 nitrogen and oxygen atoms in total. The van der Waals surface area contributed by atoms with Crippen LogP contribution in [0.4, 0.5) is 0 Å². The average Bonchev–Trinajstić information content (AvgIpc) is 2.71. The van der Waals surface area contributed by atoms with Crippen molar-refractivity contribution >= 4 is 11.8 Å². The lowest BCUT2D eigenvalue weighted by atomic mass is 10.1. The standard InChI is InChI=1S/C24H49N3O2/c1-6-9-12-14-16-19-26(4)23(28)21-22(25-18-11-8-3)24(29)27(5)20-17-15-13-10-7-2/h22,25H,6-21H2,1-5H3. The highest BCUT2D eigenvalue weighted by Gasteiger charge is 2.25. The van der Waals surface area contributed by atoms with Crippen molar-refractivity contribution in [2.45, 2.75) is 110 Å². The summed E-state index contributed by atoms with van der Waals surface area (Å²) < 4.78 is 0. The average molecular weight is 412 g/mol. The largest absolute Gasteiger partial charge is 0.346 e. The van der Waals surface area contributed by atoms with E-state index in [0.717, 1.165) is 45.3 Å². The molecule has 0 spiro atoms. The van der Waals surface area contributed by atoms with Crippen molar-refractivity contribution < 1.29 is 9.59 Å². The number of amides is 2. The fourth-order valence-corrected chi connectivity index (χ4v) is 3.44. The van der Waals surface area contributed by atoms with Gasteiger partial charge in [0.25, 0.3) is 0 Å². The van der Waals surface area contributed by atoms with Crippen LogP contribution in [0.25, 0.3) is 0 Å². The first-order chi connectivity index (χ1) is 14.0. The van der Waals surface area contributed by atoms with E-state index in [0.29, 0.717) is 0 Å². The molecule has 0 rings (SSSR count). The Bertz CT molecular complexity index is 415. The minimum atomic E-state index is -0.405. The van der Waals surface area contributed by atoms with Crippen molar-refractivity contribution in [2.24, 2.45) is 0 Å². The number of carbonyl (C=O) groups is 2. The Hall–Kier alpha value is -1.10. The zero-order valence-corrected chi connectivity index (χ0v) is 20.1. The predicted molar refractivity (Wildman–Crippen MR) is 124 cm³/mol. The third kappa shape index (κ3) is 14.5. The van der Waals surface area contributed by atoms with E-state index in [1.165, 1.54) is 51.4 Å². The Balaban J connectivity index is 4.52. The fourth-order valence-electron chi connectivity index (χ4n) is 3.44. The Labute approximate surface area is 181 Å². The van der Waals surface area contributed by atoms with Crippen LogP contribution in [0.2, 0.25) is 0 Å². The van der Waals surface area contributed by atoms with Crippen molar-refractivity contribution in [1.29, 1.82) is 0 Å². The summed E-state index contributed by atoms with van der Waals surface area (Å²) >= 11 is 0. The van der Waals surface area contributed by atoms with Crippen LogP contribution in [0.3, 0.4) is 0 Å². The second-order valence-electron chi connectivity index (χ2n) is 8.47. The molecule has 0 saturated heterocycles. The van der Waals surface area contributed by atoms with Gasteiger partial charge in [0.05, 0.1) is 12.5 Å². The number of nitrogens with zero attached hydrogens (tertiary/aromatic N) is 2. The molecule has 172 valence electrons. The number of rotatable bonds is 19. The van der Waals surface area contributed by atoms with Gasteiger partial charge in [0.2, 0.25) is 11.8 Å². The number of likely N-dealkylation sites (N-methyl/N-ethyl adjacent to an activating group) is 1. The van der Waals surface area contributed by atoms with Gasteiger partial charge in [0.15, 0.2) is 0 Å². The van der Waals surface area contributed by atoms with Crippen molar-refractivity contribution in [3.05, 3.63) is 0 Å². The van der Waals surface area contributed by atoms with Crippen molar-refractivity contribution in [3.8, 4) is 0 Å². The third-order valence-electron chi connectivity index (χ3n) is 5.59. The van der Waals surface area contributed by atoms with Gasteiger partial charge < -0.3 is 15.1 Å². The summed E-state index contributed by atoms with van der Waals surface area (Å²) in [7, 11) is 3.74. The minimum absolute atomic E-state index is 0.0568. The van der Waals surface area contributed by atoms with Crippen LogP contribution in [-0.2, 0) is 9.59 Å². The molecule has 1 unspecified atom stereocenters. The molecule has 1 N–H and O–H groups in total. The highest BCUT2D eigenvalue weighted by Crippen LogP contribution is 2.08. The first-order valence-corrected chi connectivity index (χ1v) is 12.2. The van der Waals surface area contributed by atoms with E-state index in [-0.39, 0.29) is 18.2 Å². The molecule has 0 aromatic heterocycles. The lowest BCUT2D eigenvalue weighted by Crippen LogP contribution is -2.48. The molecular formula is C24H49N3O2. The van der Waals surface area contributed by atoms with Gasteiger partial charge in [0.1, 0.15) is 0 Å². The van der Waals surface area contributed by atoms with E-state index in [9.17, 15) is 9.59 Å². The lowest BCUT2D eigenvalue weighted by molar-refractivity contribution is -0.138. The highest BCUT2D eigenvalue weighted by atomic mass is 16.2. The monoisotopic (exact) mass is 411 g/mol. The summed E-state index contributed by atoms with van der Waals surface area (Å²) in [5.41, 5.74) is 0. The van der Waals surface area contributed by atoms with Crippen LogP contribution < -0.4 is 5.32 Å². The number of unbranched alkanes of at least 4 members (excludes halogenated alkanes) is 9. The SMILES string of the molecule is CCCCCCCN(C)C(=O)CC(NCCCC)C(=O)N(C)CCCCCCC. The van der Waals surface area contributed by atoms with E-state index in [2.05, 4.69) is 26.1 Å². The van der Waals surface area contributed by atoms with Crippen LogP contribution in [0.1, 0.15) is 104 Å². The maximum absolute atomic E-state index is 12.9. The summed E-state index contributed by atoms with van der Waals surface area (Å²) in [5, 5.41) is 3.34. The first kappa shape index (κ1) is 27.9. The molecule has 0 fully saturated rings. The van der Waals surface area contributed by atoms with Gasteiger partial charge in [-0.05, 0) is 25.8 Å². The second kappa shape index (κ2) is 18.9. The van der Waals surface area contributed by atoms with Crippen molar-refractivity contribution in [1.82, 2.24) is 15.1 Å². The zero-order valence-electron chi connectivity index (χ0n) is 20.1. The van der Waals surface area contributed by atoms with E-state index < -0.39 is 6.04 Å².